The molecule has 0 heterocycles. The van der Waals surface area contributed by atoms with E-state index >= 15 is 0 Å². The van der Waals surface area contributed by atoms with E-state index in [-0.39, 0.29) is 0 Å². The molecule has 7 aromatic carbocycles. The monoisotopic (exact) mass is 604 g/mol. The lowest BCUT2D eigenvalue weighted by molar-refractivity contribution is 1.34. The lowest BCUT2D eigenvalue weighted by Crippen LogP contribution is -1.93. The number of rotatable bonds is 0. The van der Waals surface area contributed by atoms with Crippen LogP contribution in [0.25, 0.3) is 43.1 Å². The minimum absolute atomic E-state index is 1.33. The highest BCUT2D eigenvalue weighted by molar-refractivity contribution is 6.06. The molecule has 0 radical (unpaired) electrons. The first-order chi connectivity index (χ1) is 21.9. The first-order valence-corrected chi connectivity index (χ1v) is 16.8. The van der Waals surface area contributed by atoms with Crippen molar-refractivity contribution in [2.45, 2.75) is 83.1 Å². The fourth-order valence-corrected chi connectivity index (χ4v) is 6.25. The van der Waals surface area contributed by atoms with Crippen molar-refractivity contribution in [3.05, 3.63) is 153 Å². The van der Waals surface area contributed by atoms with Crippen molar-refractivity contribution in [3.63, 3.8) is 0 Å². The molecule has 0 N–H and O–H groups in total. The van der Waals surface area contributed by atoms with Crippen molar-refractivity contribution in [2.24, 2.45) is 0 Å². The molecule has 0 aromatic heterocycles. The van der Waals surface area contributed by atoms with Gasteiger partial charge in [0.05, 0.1) is 0 Å². The van der Waals surface area contributed by atoms with Gasteiger partial charge in [-0.05, 0) is 157 Å². The van der Waals surface area contributed by atoms with E-state index in [0.29, 0.717) is 0 Å². The van der Waals surface area contributed by atoms with Crippen LogP contribution in [0.5, 0.6) is 0 Å². The van der Waals surface area contributed by atoms with E-state index in [9.17, 15) is 0 Å². The predicted molar refractivity (Wildman–Crippen MR) is 208 cm³/mol. The molecule has 0 aliphatic rings. The Hall–Kier alpha value is -4.42. The Morgan fingerprint density at radius 1 is 0.283 bits per heavy atom. The summed E-state index contributed by atoms with van der Waals surface area (Å²) < 4.78 is 0. The Kier molecular flexibility index (Phi) is 11.1. The minimum Gasteiger partial charge on any atom is -0.0683 e. The number of hydrogen-bond donors (Lipinski definition) is 0. The molecule has 7 rings (SSSR count). The Morgan fingerprint density at radius 3 is 0.935 bits per heavy atom. The third kappa shape index (κ3) is 7.34. The molecule has 0 unspecified atom stereocenters. The van der Waals surface area contributed by atoms with E-state index < -0.39 is 0 Å². The first-order valence-electron chi connectivity index (χ1n) is 16.8. The van der Waals surface area contributed by atoms with Gasteiger partial charge in [0.1, 0.15) is 0 Å². The summed E-state index contributed by atoms with van der Waals surface area (Å²) in [4.78, 5) is 0. The van der Waals surface area contributed by atoms with E-state index in [2.05, 4.69) is 166 Å². The molecule has 0 nitrogen and oxygen atoms in total. The zero-order valence-corrected chi connectivity index (χ0v) is 30.2. The average molecular weight is 605 g/mol. The summed E-state index contributed by atoms with van der Waals surface area (Å²) in [5.74, 6) is 0. The number of hydrogen-bond acceptors (Lipinski definition) is 0. The first kappa shape index (κ1) is 34.5. The molecule has 236 valence electrons. The summed E-state index contributed by atoms with van der Waals surface area (Å²) in [7, 11) is 0. The maximum absolute atomic E-state index is 2.35. The standard InChI is InChI=1S/C20H22.2C12H12.C2H6/c1-11-7-17-15(5)19-9-13(3)14(4)10-20(19)16(6)18(17)8-12(11)2;1-9-3-5-11-6-4-10(2)8-12(11)7-9;1-9-7-8-10(2)12-6-4-3-5-11(9)12;1-2/h7-10H,1-6H3;2*3-8H,1-2H3;1-2H3. The van der Waals surface area contributed by atoms with Gasteiger partial charge in [-0.2, -0.15) is 0 Å². The van der Waals surface area contributed by atoms with Crippen LogP contribution in [0.3, 0.4) is 0 Å². The molecule has 0 heteroatoms. The molecule has 7 aromatic rings. The van der Waals surface area contributed by atoms with Crippen LogP contribution in [0.2, 0.25) is 0 Å². The van der Waals surface area contributed by atoms with Gasteiger partial charge < -0.3 is 0 Å². The van der Waals surface area contributed by atoms with Gasteiger partial charge in [0, 0.05) is 0 Å². The molecular weight excluding hydrogens is 553 g/mol. The Labute approximate surface area is 278 Å². The van der Waals surface area contributed by atoms with Crippen molar-refractivity contribution in [3.8, 4) is 0 Å². The second-order valence-electron chi connectivity index (χ2n) is 12.8. The smallest absolute Gasteiger partial charge is 0.0143 e. The molecule has 0 aliphatic carbocycles. The molecule has 0 fully saturated rings. The topological polar surface area (TPSA) is 0 Å². The van der Waals surface area contributed by atoms with Crippen LogP contribution in [0.4, 0.5) is 0 Å². The summed E-state index contributed by atoms with van der Waals surface area (Å²) in [6, 6.07) is 35.4. The summed E-state index contributed by atoms with van der Waals surface area (Å²) in [5.41, 5.74) is 13.7. The average Bonchev–Trinajstić information content (AvgIpc) is 3.05. The van der Waals surface area contributed by atoms with E-state index in [0.717, 1.165) is 0 Å². The van der Waals surface area contributed by atoms with Crippen LogP contribution in [0.1, 0.15) is 69.5 Å². The minimum atomic E-state index is 1.33. The van der Waals surface area contributed by atoms with Gasteiger partial charge in [-0.1, -0.05) is 122 Å². The zero-order valence-electron chi connectivity index (χ0n) is 30.2. The molecular formula is C46H52. The second kappa shape index (κ2) is 14.8. The number of aryl methyl sites for hydroxylation is 10. The maximum atomic E-state index is 2.35. The van der Waals surface area contributed by atoms with Gasteiger partial charge >= 0.3 is 0 Å². The van der Waals surface area contributed by atoms with Gasteiger partial charge in [0.2, 0.25) is 0 Å². The molecule has 0 spiro atoms. The summed E-state index contributed by atoms with van der Waals surface area (Å²) in [5, 5.41) is 11.0. The van der Waals surface area contributed by atoms with Crippen molar-refractivity contribution < 1.29 is 0 Å². The highest BCUT2D eigenvalue weighted by Gasteiger charge is 2.11. The van der Waals surface area contributed by atoms with Crippen LogP contribution < -0.4 is 0 Å². The quantitative estimate of drug-likeness (QED) is 0.151. The summed E-state index contributed by atoms with van der Waals surface area (Å²) in [6.07, 6.45) is 0. The molecule has 0 aliphatic heterocycles. The normalized spacial score (nSPS) is 10.6. The lowest BCUT2D eigenvalue weighted by Gasteiger charge is -2.15. The highest BCUT2D eigenvalue weighted by Crippen LogP contribution is 2.35. The Morgan fingerprint density at radius 2 is 0.609 bits per heavy atom. The SMILES string of the molecule is CC.Cc1cc2c(C)c3cc(C)c(C)cc3c(C)c2cc1C.Cc1ccc(C)c2ccccc12.Cc1ccc2ccc(C)cc2c1. The third-order valence-corrected chi connectivity index (χ3v) is 9.40. The van der Waals surface area contributed by atoms with Gasteiger partial charge in [-0.15, -0.1) is 0 Å². The van der Waals surface area contributed by atoms with E-state index in [1.54, 1.807) is 0 Å². The van der Waals surface area contributed by atoms with Crippen molar-refractivity contribution in [2.75, 3.05) is 0 Å². The molecule has 0 atom stereocenters. The van der Waals surface area contributed by atoms with Crippen LogP contribution in [-0.2, 0) is 0 Å². The number of fused-ring (bicyclic) bond motifs is 4. The Balaban J connectivity index is 0.000000160. The highest BCUT2D eigenvalue weighted by atomic mass is 14.2. The largest absolute Gasteiger partial charge is 0.0683 e. The van der Waals surface area contributed by atoms with Crippen LogP contribution in [0, 0.1) is 69.2 Å². The Bertz CT molecular complexity index is 1940. The number of benzene rings is 7. The van der Waals surface area contributed by atoms with Crippen LogP contribution in [-0.4, -0.2) is 0 Å². The van der Waals surface area contributed by atoms with E-state index in [4.69, 9.17) is 0 Å². The zero-order chi connectivity index (χ0) is 33.7. The third-order valence-electron chi connectivity index (χ3n) is 9.40. The van der Waals surface area contributed by atoms with E-state index in [1.807, 2.05) is 13.8 Å². The molecule has 0 saturated carbocycles. The molecule has 0 amide bonds. The second-order valence-corrected chi connectivity index (χ2v) is 12.8. The van der Waals surface area contributed by atoms with Crippen LogP contribution >= 0.6 is 0 Å². The lowest BCUT2D eigenvalue weighted by atomic mass is 9.89. The maximum Gasteiger partial charge on any atom is -0.0143 e. The fourth-order valence-electron chi connectivity index (χ4n) is 6.25. The van der Waals surface area contributed by atoms with Gasteiger partial charge in [0.25, 0.3) is 0 Å². The van der Waals surface area contributed by atoms with Gasteiger partial charge in [-0.25, -0.2) is 0 Å². The predicted octanol–water partition coefficient (Wildman–Crippen LogP) is 13.8. The fraction of sp³-hybridized carbons (Fsp3) is 0.261. The van der Waals surface area contributed by atoms with Gasteiger partial charge in [0.15, 0.2) is 0 Å². The van der Waals surface area contributed by atoms with Crippen molar-refractivity contribution in [1.82, 2.24) is 0 Å². The van der Waals surface area contributed by atoms with Crippen molar-refractivity contribution >= 4 is 43.1 Å². The summed E-state index contributed by atoms with van der Waals surface area (Å²) in [6.45, 7) is 25.9. The van der Waals surface area contributed by atoms with E-state index in [1.165, 1.54) is 98.7 Å². The van der Waals surface area contributed by atoms with Gasteiger partial charge in [-0.3, -0.25) is 0 Å². The molecule has 46 heavy (non-hydrogen) atoms. The summed E-state index contributed by atoms with van der Waals surface area (Å²) >= 11 is 0. The van der Waals surface area contributed by atoms with Crippen molar-refractivity contribution in [1.29, 1.82) is 0 Å². The molecule has 0 saturated heterocycles. The van der Waals surface area contributed by atoms with Crippen LogP contribution in [0.15, 0.2) is 97.1 Å². The molecule has 0 bridgehead atoms.